The van der Waals surface area contributed by atoms with E-state index in [0.29, 0.717) is 0 Å². The highest BCUT2D eigenvalue weighted by Gasteiger charge is 2.42. The predicted molar refractivity (Wildman–Crippen MR) is 258 cm³/mol. The number of benzene rings is 7. The summed E-state index contributed by atoms with van der Waals surface area (Å²) < 4.78 is 7.30. The van der Waals surface area contributed by atoms with Crippen molar-refractivity contribution < 1.29 is 4.42 Å². The molecule has 7 aromatic carbocycles. The van der Waals surface area contributed by atoms with Crippen LogP contribution in [-0.4, -0.2) is 0 Å². The average Bonchev–Trinajstić information content (AvgIpc) is 3.80. The number of hydrogen-bond donors (Lipinski definition) is 0. The van der Waals surface area contributed by atoms with Gasteiger partial charge in [-0.1, -0.05) is 180 Å². The lowest BCUT2D eigenvalue weighted by molar-refractivity contribution is 0.582. The molecule has 2 aliphatic carbocycles. The van der Waals surface area contributed by atoms with Crippen molar-refractivity contribution in [1.29, 1.82) is 0 Å². The number of nitrogens with zero attached hydrogens (tertiary/aromatic N) is 1. The van der Waals surface area contributed by atoms with E-state index in [1.165, 1.54) is 72.3 Å². The topological polar surface area (TPSA) is 16.4 Å². The second-order valence-electron chi connectivity index (χ2n) is 21.9. The molecule has 61 heavy (non-hydrogen) atoms. The highest BCUT2D eigenvalue weighted by atomic mass is 16.3. The van der Waals surface area contributed by atoms with E-state index in [1.807, 2.05) is 0 Å². The van der Waals surface area contributed by atoms with E-state index >= 15 is 0 Å². The minimum atomic E-state index is -0.372. The summed E-state index contributed by atoms with van der Waals surface area (Å²) in [7, 11) is 0. The summed E-state index contributed by atoms with van der Waals surface area (Å²) in [4.78, 5) is 2.51. The van der Waals surface area contributed by atoms with Crippen LogP contribution in [0.4, 0.5) is 17.1 Å². The Morgan fingerprint density at radius 2 is 1.02 bits per heavy atom. The molecule has 0 amide bonds. The number of rotatable bonds is 1. The van der Waals surface area contributed by atoms with E-state index in [0.717, 1.165) is 44.6 Å². The lowest BCUT2D eigenvalue weighted by Crippen LogP contribution is -2.24. The summed E-state index contributed by atoms with van der Waals surface area (Å²) in [6.07, 6.45) is 0. The monoisotopic (exact) mass is 795 g/mol. The second kappa shape index (κ2) is 12.2. The van der Waals surface area contributed by atoms with Gasteiger partial charge in [0.15, 0.2) is 5.58 Å². The van der Waals surface area contributed by atoms with Gasteiger partial charge in [-0.2, -0.15) is 0 Å². The van der Waals surface area contributed by atoms with Crippen LogP contribution in [0.25, 0.3) is 55.3 Å². The average molecular weight is 796 g/mol. The molecule has 3 aliphatic rings. The van der Waals surface area contributed by atoms with Crippen molar-refractivity contribution in [3.63, 3.8) is 0 Å². The molecule has 0 radical (unpaired) electrons. The molecular weight excluding hydrogens is 739 g/mol. The van der Waals surface area contributed by atoms with Gasteiger partial charge in [0.2, 0.25) is 0 Å². The van der Waals surface area contributed by atoms with Crippen LogP contribution in [0.3, 0.4) is 0 Å². The van der Waals surface area contributed by atoms with Crippen LogP contribution >= 0.6 is 0 Å². The van der Waals surface area contributed by atoms with Gasteiger partial charge in [-0.25, -0.2) is 0 Å². The summed E-state index contributed by atoms with van der Waals surface area (Å²) >= 11 is 0. The normalized spacial score (nSPS) is 16.6. The van der Waals surface area contributed by atoms with E-state index < -0.39 is 0 Å². The molecule has 1 aromatic heterocycles. The van der Waals surface area contributed by atoms with Crippen LogP contribution in [0.15, 0.2) is 132 Å². The SMILES string of the molecule is CC(C)(C)c1cc2cc(c1)C(C)(C)c1cc(cc3c1-c1ccccc1C3(C)C)N(c1ccc3c(c1)C(C)(C)c1cc(C(C)(C)C)ccc1-3)c1cccc3c1oc1c-2cccc13. The van der Waals surface area contributed by atoms with Crippen LogP contribution in [-0.2, 0) is 27.1 Å². The highest BCUT2D eigenvalue weighted by molar-refractivity contribution is 6.14. The van der Waals surface area contributed by atoms with Crippen molar-refractivity contribution in [3.8, 4) is 33.4 Å². The molecule has 11 rings (SSSR count). The number of para-hydroxylation sites is 2. The minimum absolute atomic E-state index is 0.0613. The van der Waals surface area contributed by atoms with Crippen molar-refractivity contribution in [2.45, 2.75) is 110 Å². The molecule has 2 heteroatoms. The van der Waals surface area contributed by atoms with Crippen molar-refractivity contribution in [2.75, 3.05) is 4.90 Å². The third-order valence-corrected chi connectivity index (χ3v) is 15.0. The first-order chi connectivity index (χ1) is 28.8. The summed E-state index contributed by atoms with van der Waals surface area (Å²) in [5.41, 5.74) is 22.9. The molecule has 0 N–H and O–H groups in total. The molecule has 0 spiro atoms. The Labute approximate surface area is 362 Å². The minimum Gasteiger partial charge on any atom is -0.453 e. The van der Waals surface area contributed by atoms with Gasteiger partial charge in [0, 0.05) is 44.0 Å². The first kappa shape index (κ1) is 38.1. The van der Waals surface area contributed by atoms with Crippen molar-refractivity contribution in [3.05, 3.63) is 172 Å². The zero-order chi connectivity index (χ0) is 42.8. The van der Waals surface area contributed by atoms with Crippen LogP contribution in [0.1, 0.15) is 128 Å². The van der Waals surface area contributed by atoms with E-state index in [2.05, 4.69) is 215 Å². The molecule has 2 nitrogen and oxygen atoms in total. The third-order valence-electron chi connectivity index (χ3n) is 15.0. The Kier molecular flexibility index (Phi) is 7.59. The first-order valence-corrected chi connectivity index (χ1v) is 22.3. The molecule has 0 unspecified atom stereocenters. The zero-order valence-corrected chi connectivity index (χ0v) is 38.0. The fourth-order valence-electron chi connectivity index (χ4n) is 11.1. The molecule has 8 aromatic rings. The molecule has 6 bridgehead atoms. The number of hydrogen-bond acceptors (Lipinski definition) is 2. The maximum absolute atomic E-state index is 7.30. The van der Waals surface area contributed by atoms with Gasteiger partial charge in [0.1, 0.15) is 5.58 Å². The highest BCUT2D eigenvalue weighted by Crippen LogP contribution is 2.57. The van der Waals surface area contributed by atoms with Gasteiger partial charge in [-0.3, -0.25) is 0 Å². The molecule has 0 saturated carbocycles. The molecule has 0 saturated heterocycles. The molecular formula is C59H57NO. The fraction of sp³-hybridized carbons (Fsp3) is 0.288. The standard InChI is InChI=1S/C59H57NO/c1-55(2,3)35-23-25-41-42-26-24-38(31-48(42)59(11,12)47(41)30-35)60-39-32-49(52-45-17-13-14-21-46(45)58(9,10)50(52)33-39)57(7,8)37-28-34(27-36(29-37)56(4,5)6)40-18-15-19-43-44-20-16-22-51(60)54(44)61-53(40)43/h13-33H,1-12H3. The zero-order valence-electron chi connectivity index (χ0n) is 38.0. The molecule has 2 heterocycles. The maximum Gasteiger partial charge on any atom is 0.159 e. The lowest BCUT2D eigenvalue weighted by atomic mass is 9.71. The molecule has 0 fully saturated rings. The Morgan fingerprint density at radius 3 is 1.74 bits per heavy atom. The Balaban J connectivity index is 1.27. The van der Waals surface area contributed by atoms with Crippen molar-refractivity contribution >= 4 is 39.0 Å². The number of furan rings is 1. The van der Waals surface area contributed by atoms with Gasteiger partial charge in [0.25, 0.3) is 0 Å². The van der Waals surface area contributed by atoms with Crippen LogP contribution in [0.5, 0.6) is 0 Å². The van der Waals surface area contributed by atoms with Crippen LogP contribution in [0, 0.1) is 0 Å². The fourth-order valence-corrected chi connectivity index (χ4v) is 11.1. The Morgan fingerprint density at radius 1 is 0.426 bits per heavy atom. The van der Waals surface area contributed by atoms with Gasteiger partial charge < -0.3 is 9.32 Å². The van der Waals surface area contributed by atoms with E-state index in [9.17, 15) is 0 Å². The van der Waals surface area contributed by atoms with E-state index in [1.54, 1.807) is 0 Å². The smallest absolute Gasteiger partial charge is 0.159 e. The summed E-state index contributed by atoms with van der Waals surface area (Å²) in [5.74, 6) is 0. The van der Waals surface area contributed by atoms with Gasteiger partial charge in [-0.15, -0.1) is 0 Å². The van der Waals surface area contributed by atoms with Gasteiger partial charge in [-0.05, 0) is 113 Å². The third kappa shape index (κ3) is 5.27. The summed E-state index contributed by atoms with van der Waals surface area (Å²) in [6.45, 7) is 28.5. The van der Waals surface area contributed by atoms with Gasteiger partial charge >= 0.3 is 0 Å². The Bertz CT molecular complexity index is 3190. The van der Waals surface area contributed by atoms with Crippen molar-refractivity contribution in [1.82, 2.24) is 0 Å². The van der Waals surface area contributed by atoms with Crippen LogP contribution < -0.4 is 4.90 Å². The first-order valence-electron chi connectivity index (χ1n) is 22.3. The molecule has 1 aliphatic heterocycles. The van der Waals surface area contributed by atoms with E-state index in [4.69, 9.17) is 4.42 Å². The van der Waals surface area contributed by atoms with Crippen molar-refractivity contribution in [2.24, 2.45) is 0 Å². The number of fused-ring (bicyclic) bond motifs is 13. The maximum atomic E-state index is 7.30. The van der Waals surface area contributed by atoms with Gasteiger partial charge in [0.05, 0.1) is 5.69 Å². The van der Waals surface area contributed by atoms with Crippen LogP contribution in [0.2, 0.25) is 0 Å². The predicted octanol–water partition coefficient (Wildman–Crippen LogP) is 16.6. The van der Waals surface area contributed by atoms with E-state index in [-0.39, 0.29) is 27.1 Å². The second-order valence-corrected chi connectivity index (χ2v) is 21.9. The Hall–Kier alpha value is -5.86. The quantitative estimate of drug-likeness (QED) is 0.165. The number of anilines is 3. The lowest BCUT2D eigenvalue weighted by Gasteiger charge is -2.35. The molecule has 0 atom stereocenters. The summed E-state index contributed by atoms with van der Waals surface area (Å²) in [6, 6.07) is 49.3. The summed E-state index contributed by atoms with van der Waals surface area (Å²) in [5, 5.41) is 2.27. The largest absolute Gasteiger partial charge is 0.453 e. The molecule has 304 valence electrons.